The Morgan fingerprint density at radius 3 is 2.77 bits per heavy atom. The summed E-state index contributed by atoms with van der Waals surface area (Å²) in [7, 11) is 0. The fourth-order valence-corrected chi connectivity index (χ4v) is 1.76. The highest BCUT2D eigenvalue weighted by atomic mass is 16.2. The van der Waals surface area contributed by atoms with Gasteiger partial charge in [-0.05, 0) is 32.1 Å². The molecule has 0 aromatic carbocycles. The number of hydrogen-bond donors (Lipinski definition) is 3. The number of rotatable bonds is 3. The maximum absolute atomic E-state index is 11.0. The second kappa shape index (κ2) is 5.07. The molecule has 0 saturated heterocycles. The van der Waals surface area contributed by atoms with E-state index in [2.05, 4.69) is 10.6 Å². The van der Waals surface area contributed by atoms with Crippen LogP contribution in [-0.4, -0.2) is 25.2 Å². The molecule has 0 heterocycles. The van der Waals surface area contributed by atoms with Crippen molar-refractivity contribution in [2.45, 2.75) is 32.2 Å². The highest BCUT2D eigenvalue weighted by molar-refractivity contribution is 5.73. The summed E-state index contributed by atoms with van der Waals surface area (Å²) in [4.78, 5) is 11.0. The van der Waals surface area contributed by atoms with Crippen LogP contribution in [-0.2, 0) is 0 Å². The summed E-state index contributed by atoms with van der Waals surface area (Å²) in [5.74, 6) is 0.581. The van der Waals surface area contributed by atoms with Gasteiger partial charge in [-0.1, -0.05) is 0 Å². The van der Waals surface area contributed by atoms with E-state index in [1.54, 1.807) is 0 Å². The van der Waals surface area contributed by atoms with Crippen molar-refractivity contribution in [3.05, 3.63) is 0 Å². The molecule has 0 bridgehead atoms. The number of nitrogens with one attached hydrogen (secondary N) is 2. The summed E-state index contributed by atoms with van der Waals surface area (Å²) >= 11 is 0. The first-order valence-electron chi connectivity index (χ1n) is 4.99. The summed E-state index contributed by atoms with van der Waals surface area (Å²) in [5.41, 5.74) is 5.76. The van der Waals surface area contributed by atoms with E-state index < -0.39 is 0 Å². The highest BCUT2D eigenvalue weighted by Gasteiger charge is 2.21. The Morgan fingerprint density at radius 1 is 1.46 bits per heavy atom. The molecular weight excluding hydrogens is 166 g/mol. The van der Waals surface area contributed by atoms with Crippen LogP contribution in [0.1, 0.15) is 26.2 Å². The van der Waals surface area contributed by atoms with Gasteiger partial charge in [0.2, 0.25) is 0 Å². The molecule has 0 unspecified atom stereocenters. The zero-order valence-corrected chi connectivity index (χ0v) is 8.18. The largest absolute Gasteiger partial charge is 0.338 e. The van der Waals surface area contributed by atoms with Gasteiger partial charge in [0.05, 0.1) is 0 Å². The van der Waals surface area contributed by atoms with Gasteiger partial charge in [0.15, 0.2) is 0 Å². The molecule has 76 valence electrons. The van der Waals surface area contributed by atoms with Crippen molar-refractivity contribution in [2.75, 3.05) is 13.1 Å². The van der Waals surface area contributed by atoms with Crippen LogP contribution in [0.15, 0.2) is 0 Å². The number of carbonyl (C=O) groups is 1. The zero-order chi connectivity index (χ0) is 9.68. The average molecular weight is 185 g/mol. The van der Waals surface area contributed by atoms with E-state index in [1.807, 2.05) is 6.92 Å². The minimum atomic E-state index is -0.0667. The highest BCUT2D eigenvalue weighted by Crippen LogP contribution is 2.22. The maximum atomic E-state index is 11.0. The fraction of sp³-hybridized carbons (Fsp3) is 0.889. The SMILES string of the molecule is CCNC(=O)NC[C@@H]1CC[C@H](N)C1. The van der Waals surface area contributed by atoms with Gasteiger partial charge in [0.1, 0.15) is 0 Å². The lowest BCUT2D eigenvalue weighted by atomic mass is 10.1. The summed E-state index contributed by atoms with van der Waals surface area (Å²) in [6, 6.07) is 0.281. The van der Waals surface area contributed by atoms with Gasteiger partial charge < -0.3 is 16.4 Å². The quantitative estimate of drug-likeness (QED) is 0.597. The summed E-state index contributed by atoms with van der Waals surface area (Å²) < 4.78 is 0. The van der Waals surface area contributed by atoms with Gasteiger partial charge in [-0.3, -0.25) is 0 Å². The Kier molecular flexibility index (Phi) is 4.02. The van der Waals surface area contributed by atoms with Gasteiger partial charge in [-0.2, -0.15) is 0 Å². The molecule has 1 aliphatic rings. The first kappa shape index (κ1) is 10.3. The third-order valence-electron chi connectivity index (χ3n) is 2.47. The summed E-state index contributed by atoms with van der Waals surface area (Å²) in [5, 5.41) is 5.54. The number of amides is 2. The third-order valence-corrected chi connectivity index (χ3v) is 2.47. The second-order valence-electron chi connectivity index (χ2n) is 3.68. The average Bonchev–Trinajstić information content (AvgIpc) is 2.49. The van der Waals surface area contributed by atoms with E-state index in [-0.39, 0.29) is 6.03 Å². The fourth-order valence-electron chi connectivity index (χ4n) is 1.76. The Balaban J connectivity index is 2.09. The first-order chi connectivity index (χ1) is 6.22. The van der Waals surface area contributed by atoms with Crippen LogP contribution >= 0.6 is 0 Å². The van der Waals surface area contributed by atoms with Crippen LogP contribution < -0.4 is 16.4 Å². The van der Waals surface area contributed by atoms with E-state index >= 15 is 0 Å². The topological polar surface area (TPSA) is 67.2 Å². The van der Waals surface area contributed by atoms with Gasteiger partial charge in [-0.25, -0.2) is 4.79 Å². The van der Waals surface area contributed by atoms with Gasteiger partial charge in [0.25, 0.3) is 0 Å². The van der Waals surface area contributed by atoms with Crippen molar-refractivity contribution < 1.29 is 4.79 Å². The lowest BCUT2D eigenvalue weighted by molar-refractivity contribution is 0.239. The second-order valence-corrected chi connectivity index (χ2v) is 3.68. The van der Waals surface area contributed by atoms with Crippen molar-refractivity contribution in [1.29, 1.82) is 0 Å². The van der Waals surface area contributed by atoms with Crippen LogP contribution in [0.25, 0.3) is 0 Å². The number of nitrogens with two attached hydrogens (primary N) is 1. The summed E-state index contributed by atoms with van der Waals surface area (Å²) in [6.45, 7) is 3.35. The molecule has 4 N–H and O–H groups in total. The van der Waals surface area contributed by atoms with E-state index in [9.17, 15) is 4.79 Å². The molecule has 0 aromatic rings. The Morgan fingerprint density at radius 2 is 2.23 bits per heavy atom. The lowest BCUT2D eigenvalue weighted by Gasteiger charge is -2.10. The number of carbonyl (C=O) groups excluding carboxylic acids is 1. The molecule has 1 fully saturated rings. The van der Waals surface area contributed by atoms with E-state index in [0.29, 0.717) is 18.5 Å². The molecule has 4 nitrogen and oxygen atoms in total. The normalized spacial score (nSPS) is 27.2. The molecule has 1 rings (SSSR count). The smallest absolute Gasteiger partial charge is 0.314 e. The summed E-state index contributed by atoms with van der Waals surface area (Å²) in [6.07, 6.45) is 3.29. The van der Waals surface area contributed by atoms with E-state index in [0.717, 1.165) is 25.8 Å². The lowest BCUT2D eigenvalue weighted by Crippen LogP contribution is -2.37. The molecule has 1 saturated carbocycles. The third kappa shape index (κ3) is 3.63. The van der Waals surface area contributed by atoms with Crippen LogP contribution in [0, 0.1) is 5.92 Å². The minimum Gasteiger partial charge on any atom is -0.338 e. The minimum absolute atomic E-state index is 0.0667. The standard InChI is InChI=1S/C9H19N3O/c1-2-11-9(13)12-6-7-3-4-8(10)5-7/h7-8H,2-6,10H2,1H3,(H2,11,12,13)/t7-,8+/m1/s1. The van der Waals surface area contributed by atoms with E-state index in [1.165, 1.54) is 0 Å². The Labute approximate surface area is 79.3 Å². The molecule has 0 spiro atoms. The van der Waals surface area contributed by atoms with Crippen molar-refractivity contribution in [3.63, 3.8) is 0 Å². The van der Waals surface area contributed by atoms with E-state index in [4.69, 9.17) is 5.73 Å². The van der Waals surface area contributed by atoms with Crippen LogP contribution in [0.5, 0.6) is 0 Å². The van der Waals surface area contributed by atoms with Crippen molar-refractivity contribution in [2.24, 2.45) is 11.7 Å². The maximum Gasteiger partial charge on any atom is 0.314 e. The van der Waals surface area contributed by atoms with Crippen molar-refractivity contribution >= 4 is 6.03 Å². The van der Waals surface area contributed by atoms with Crippen molar-refractivity contribution in [3.8, 4) is 0 Å². The zero-order valence-electron chi connectivity index (χ0n) is 8.18. The molecular formula is C9H19N3O. The Hall–Kier alpha value is -0.770. The molecule has 0 radical (unpaired) electrons. The monoisotopic (exact) mass is 185 g/mol. The number of hydrogen-bond acceptors (Lipinski definition) is 2. The predicted molar refractivity (Wildman–Crippen MR) is 52.4 cm³/mol. The molecule has 1 aliphatic carbocycles. The van der Waals surface area contributed by atoms with Gasteiger partial charge in [0, 0.05) is 19.1 Å². The molecule has 4 heteroatoms. The molecule has 2 amide bonds. The molecule has 0 aliphatic heterocycles. The Bertz CT molecular complexity index is 172. The van der Waals surface area contributed by atoms with Gasteiger partial charge in [-0.15, -0.1) is 0 Å². The molecule has 0 aromatic heterocycles. The predicted octanol–water partition coefficient (Wildman–Crippen LogP) is 0.433. The molecule has 13 heavy (non-hydrogen) atoms. The molecule has 2 atom stereocenters. The number of urea groups is 1. The van der Waals surface area contributed by atoms with Crippen LogP contribution in [0.2, 0.25) is 0 Å². The van der Waals surface area contributed by atoms with Crippen molar-refractivity contribution in [1.82, 2.24) is 10.6 Å². The first-order valence-corrected chi connectivity index (χ1v) is 4.99. The van der Waals surface area contributed by atoms with Crippen LogP contribution in [0.3, 0.4) is 0 Å². The van der Waals surface area contributed by atoms with Gasteiger partial charge >= 0.3 is 6.03 Å². The van der Waals surface area contributed by atoms with Crippen LogP contribution in [0.4, 0.5) is 4.79 Å².